The van der Waals surface area contributed by atoms with Gasteiger partial charge in [-0.2, -0.15) is 0 Å². The summed E-state index contributed by atoms with van der Waals surface area (Å²) in [6, 6.07) is 6.03. The summed E-state index contributed by atoms with van der Waals surface area (Å²) >= 11 is 0. The Morgan fingerprint density at radius 1 is 1.12 bits per heavy atom. The minimum absolute atomic E-state index is 0. The summed E-state index contributed by atoms with van der Waals surface area (Å²) in [4.78, 5) is 25.8. The van der Waals surface area contributed by atoms with Gasteiger partial charge in [0.1, 0.15) is 6.54 Å². The van der Waals surface area contributed by atoms with E-state index >= 15 is 0 Å². The maximum Gasteiger partial charge on any atom is 0.309 e. The van der Waals surface area contributed by atoms with Gasteiger partial charge in [-0.1, -0.05) is 6.07 Å². The Bertz CT molecular complexity index is 502. The van der Waals surface area contributed by atoms with E-state index in [4.69, 9.17) is 4.74 Å². The van der Waals surface area contributed by atoms with Gasteiger partial charge in [-0.05, 0) is 26.2 Å². The van der Waals surface area contributed by atoms with Crippen LogP contribution in [0.5, 0.6) is 0 Å². The zero-order valence-electron chi connectivity index (χ0n) is 14.3. The summed E-state index contributed by atoms with van der Waals surface area (Å²) in [5.41, 5.74) is 0. The molecule has 2 heterocycles. The number of hydrogen-bond donors (Lipinski definition) is 0. The number of carbonyl (C=O) groups is 2. The molecule has 5 nitrogen and oxygen atoms in total. The number of pyridine rings is 1. The van der Waals surface area contributed by atoms with Gasteiger partial charge in [0.05, 0.1) is 12.5 Å². The second-order valence-electron chi connectivity index (χ2n) is 5.98. The van der Waals surface area contributed by atoms with E-state index < -0.39 is 0 Å². The number of esters is 1. The van der Waals surface area contributed by atoms with Crippen molar-refractivity contribution in [1.29, 1.82) is 0 Å². The zero-order chi connectivity index (χ0) is 16.5. The van der Waals surface area contributed by atoms with Gasteiger partial charge in [-0.25, -0.2) is 4.57 Å². The Hall–Kier alpha value is -1.43. The number of aryl methyl sites for hydroxylation is 1. The summed E-state index contributed by atoms with van der Waals surface area (Å²) in [5.74, 6) is 0.0679. The number of ether oxygens (including phenoxy) is 1. The van der Waals surface area contributed by atoms with Crippen LogP contribution in [0.3, 0.4) is 0 Å². The fourth-order valence-electron chi connectivity index (χ4n) is 2.94. The number of amides is 1. The van der Waals surface area contributed by atoms with Crippen LogP contribution in [0.15, 0.2) is 30.6 Å². The molecule has 0 atom stereocenters. The summed E-state index contributed by atoms with van der Waals surface area (Å²) in [6.45, 7) is 4.55. The van der Waals surface area contributed by atoms with Crippen LogP contribution in [0.1, 0.15) is 39.0 Å². The number of hydrogen-bond acceptors (Lipinski definition) is 3. The minimum Gasteiger partial charge on any atom is -1.00 e. The first-order valence-corrected chi connectivity index (χ1v) is 8.59. The van der Waals surface area contributed by atoms with Gasteiger partial charge in [-0.15, -0.1) is 0 Å². The van der Waals surface area contributed by atoms with E-state index in [2.05, 4.69) is 4.57 Å². The molecule has 1 aromatic heterocycles. The molecule has 1 aromatic rings. The number of likely N-dealkylation sites (tertiary alicyclic amines) is 1. The third kappa shape index (κ3) is 6.59. The predicted molar refractivity (Wildman–Crippen MR) is 86.4 cm³/mol. The van der Waals surface area contributed by atoms with Crippen molar-refractivity contribution in [2.24, 2.45) is 5.92 Å². The lowest BCUT2D eigenvalue weighted by Crippen LogP contribution is -3.00. The highest BCUT2D eigenvalue weighted by Gasteiger charge is 2.27. The molecule has 0 N–H and O–H groups in total. The summed E-state index contributed by atoms with van der Waals surface area (Å²) in [6.07, 6.45) is 8.04. The lowest BCUT2D eigenvalue weighted by atomic mass is 9.96. The summed E-state index contributed by atoms with van der Waals surface area (Å²) in [7, 11) is 0. The van der Waals surface area contributed by atoms with Crippen molar-refractivity contribution in [3.8, 4) is 0 Å². The summed E-state index contributed by atoms with van der Waals surface area (Å²) < 4.78 is 7.19. The van der Waals surface area contributed by atoms with E-state index in [9.17, 15) is 9.59 Å². The molecule has 24 heavy (non-hydrogen) atoms. The fraction of sp³-hybridized carbons (Fsp3) is 0.611. The molecule has 1 saturated heterocycles. The number of carbonyl (C=O) groups excluding carboxylic acids is 2. The standard InChI is InChI=1S/C18H27N2O3.BrH/c1-2-23-18(22)16-9-14-20(15-10-16)17(21)8-4-7-13-19-11-5-3-6-12-19;/h3,5-6,11-12,16H,2,4,7-10,13-15H2,1H3;1H/q+1;/p-1. The monoisotopic (exact) mass is 398 g/mol. The number of rotatable bonds is 7. The second kappa shape index (κ2) is 11.2. The van der Waals surface area contributed by atoms with Crippen molar-refractivity contribution in [1.82, 2.24) is 4.90 Å². The van der Waals surface area contributed by atoms with Gasteiger partial charge < -0.3 is 26.6 Å². The maximum absolute atomic E-state index is 12.2. The van der Waals surface area contributed by atoms with E-state index in [1.165, 1.54) is 0 Å². The lowest BCUT2D eigenvalue weighted by Gasteiger charge is -2.31. The molecule has 1 amide bonds. The van der Waals surface area contributed by atoms with Crippen LogP contribution in [-0.2, 0) is 20.9 Å². The van der Waals surface area contributed by atoms with Gasteiger partial charge >= 0.3 is 5.97 Å². The molecule has 1 fully saturated rings. The molecule has 0 saturated carbocycles. The third-order valence-electron chi connectivity index (χ3n) is 4.30. The van der Waals surface area contributed by atoms with Crippen LogP contribution >= 0.6 is 0 Å². The van der Waals surface area contributed by atoms with Crippen molar-refractivity contribution in [3.63, 3.8) is 0 Å². The molecule has 2 rings (SSSR count). The lowest BCUT2D eigenvalue weighted by molar-refractivity contribution is -0.697. The molecule has 0 aliphatic carbocycles. The molecule has 0 spiro atoms. The Morgan fingerprint density at radius 2 is 1.79 bits per heavy atom. The first-order chi connectivity index (χ1) is 11.2. The van der Waals surface area contributed by atoms with Gasteiger partial charge in [-0.3, -0.25) is 9.59 Å². The molecule has 6 heteroatoms. The fourth-order valence-corrected chi connectivity index (χ4v) is 2.94. The van der Waals surface area contributed by atoms with Crippen LogP contribution in [0, 0.1) is 5.92 Å². The normalized spacial score (nSPS) is 14.8. The van der Waals surface area contributed by atoms with Crippen LogP contribution in [0.4, 0.5) is 0 Å². The van der Waals surface area contributed by atoms with Crippen LogP contribution in [0.25, 0.3) is 0 Å². The largest absolute Gasteiger partial charge is 1.00 e. The molecule has 1 aliphatic rings. The number of aromatic nitrogens is 1. The van der Waals surface area contributed by atoms with Gasteiger partial charge in [0.25, 0.3) is 0 Å². The Kier molecular flexibility index (Phi) is 9.60. The van der Waals surface area contributed by atoms with Crippen molar-refractivity contribution in [2.45, 2.75) is 45.6 Å². The average molecular weight is 399 g/mol. The van der Waals surface area contributed by atoms with Gasteiger partial charge in [0, 0.05) is 38.1 Å². The Labute approximate surface area is 154 Å². The highest BCUT2D eigenvalue weighted by atomic mass is 79.9. The van der Waals surface area contributed by atoms with Crippen molar-refractivity contribution in [3.05, 3.63) is 30.6 Å². The first kappa shape index (κ1) is 20.6. The summed E-state index contributed by atoms with van der Waals surface area (Å²) in [5, 5.41) is 0. The maximum atomic E-state index is 12.2. The van der Waals surface area contributed by atoms with Gasteiger partial charge in [0.2, 0.25) is 5.91 Å². The average Bonchev–Trinajstić information content (AvgIpc) is 2.60. The molecule has 0 aromatic carbocycles. The highest BCUT2D eigenvalue weighted by Crippen LogP contribution is 2.19. The van der Waals surface area contributed by atoms with E-state index in [0.717, 1.165) is 32.2 Å². The topological polar surface area (TPSA) is 50.5 Å². The van der Waals surface area contributed by atoms with Crippen molar-refractivity contribution < 1.29 is 35.9 Å². The van der Waals surface area contributed by atoms with E-state index in [0.29, 0.717) is 26.1 Å². The van der Waals surface area contributed by atoms with Crippen molar-refractivity contribution >= 4 is 11.9 Å². The SMILES string of the molecule is CCOC(=O)C1CCN(C(=O)CCCC[n+]2ccccc2)CC1.[Br-]. The first-order valence-electron chi connectivity index (χ1n) is 8.59. The Morgan fingerprint density at radius 3 is 2.42 bits per heavy atom. The van der Waals surface area contributed by atoms with E-state index in [1.54, 1.807) is 0 Å². The zero-order valence-corrected chi connectivity index (χ0v) is 15.9. The van der Waals surface area contributed by atoms with E-state index in [1.807, 2.05) is 42.4 Å². The number of unbranched alkanes of at least 4 members (excludes halogenated alkanes) is 1. The Balaban J connectivity index is 0.00000288. The van der Waals surface area contributed by atoms with Crippen LogP contribution in [-0.4, -0.2) is 36.5 Å². The predicted octanol–water partition coefficient (Wildman–Crippen LogP) is -1.05. The third-order valence-corrected chi connectivity index (χ3v) is 4.30. The number of piperidine rings is 1. The molecule has 1 aliphatic heterocycles. The van der Waals surface area contributed by atoms with Crippen molar-refractivity contribution in [2.75, 3.05) is 19.7 Å². The molecule has 0 unspecified atom stereocenters. The minimum atomic E-state index is -0.112. The molecule has 134 valence electrons. The molecular weight excluding hydrogens is 372 g/mol. The van der Waals surface area contributed by atoms with Crippen LogP contribution in [0.2, 0.25) is 0 Å². The highest BCUT2D eigenvalue weighted by molar-refractivity contribution is 5.77. The quantitative estimate of drug-likeness (QED) is 0.334. The number of nitrogens with zero attached hydrogens (tertiary/aromatic N) is 2. The molecule has 0 bridgehead atoms. The number of halogens is 1. The second-order valence-corrected chi connectivity index (χ2v) is 5.98. The molecule has 0 radical (unpaired) electrons. The van der Waals surface area contributed by atoms with E-state index in [-0.39, 0.29) is 34.8 Å². The van der Waals surface area contributed by atoms with Gasteiger partial charge in [0.15, 0.2) is 12.4 Å². The van der Waals surface area contributed by atoms with Crippen LogP contribution < -0.4 is 21.5 Å². The smallest absolute Gasteiger partial charge is 0.309 e. The molecular formula is C18H27BrN2O3.